The zero-order chi connectivity index (χ0) is 22.8. The molecule has 1 aromatic heterocycles. The van der Waals surface area contributed by atoms with E-state index in [0.717, 1.165) is 25.7 Å². The van der Waals surface area contributed by atoms with Crippen LogP contribution >= 0.6 is 11.3 Å². The summed E-state index contributed by atoms with van der Waals surface area (Å²) in [5.41, 5.74) is 2.52. The first-order chi connectivity index (χ1) is 16.1. The summed E-state index contributed by atoms with van der Waals surface area (Å²) >= 11 is 1.44. The van der Waals surface area contributed by atoms with Gasteiger partial charge in [-0.1, -0.05) is 30.3 Å². The van der Waals surface area contributed by atoms with E-state index < -0.39 is 0 Å². The van der Waals surface area contributed by atoms with Crippen LogP contribution in [0.3, 0.4) is 0 Å². The number of carbonyl (C=O) groups excluding carboxylic acids is 3. The Morgan fingerprint density at radius 3 is 2.64 bits per heavy atom. The van der Waals surface area contributed by atoms with Crippen LogP contribution in [-0.2, 0) is 22.6 Å². The average Bonchev–Trinajstić information content (AvgIpc) is 3.53. The molecule has 1 aliphatic carbocycles. The second-order valence-electron chi connectivity index (χ2n) is 9.45. The normalized spacial score (nSPS) is 25.7. The fourth-order valence-corrected chi connectivity index (χ4v) is 6.35. The molecule has 5 rings (SSSR count). The Bertz CT molecular complexity index is 1020. The van der Waals surface area contributed by atoms with Crippen LogP contribution in [0.1, 0.15) is 52.9 Å². The minimum absolute atomic E-state index is 0.00614. The van der Waals surface area contributed by atoms with Crippen molar-refractivity contribution in [3.8, 4) is 0 Å². The smallest absolute Gasteiger partial charge is 0.264 e. The molecule has 2 aromatic rings. The number of nitrogens with one attached hydrogen (secondary N) is 1. The van der Waals surface area contributed by atoms with Gasteiger partial charge in [0.25, 0.3) is 5.91 Å². The maximum Gasteiger partial charge on any atom is 0.264 e. The highest BCUT2D eigenvalue weighted by molar-refractivity contribution is 7.12. The molecule has 1 saturated heterocycles. The van der Waals surface area contributed by atoms with Crippen molar-refractivity contribution in [3.63, 3.8) is 0 Å². The van der Waals surface area contributed by atoms with Gasteiger partial charge in [-0.3, -0.25) is 14.4 Å². The SMILES string of the molecule is O=C1NCCCCCN(C(=O)c2cccs2)[C@@H]2C[C@@H](C(=O)N3CCc4ccccc4C3)C[C@H]12. The second kappa shape index (κ2) is 9.67. The molecule has 6 nitrogen and oxygen atoms in total. The van der Waals surface area contributed by atoms with Crippen LogP contribution in [0.5, 0.6) is 0 Å². The Morgan fingerprint density at radius 2 is 1.82 bits per heavy atom. The molecule has 3 amide bonds. The number of nitrogens with zero attached hydrogens (tertiary/aromatic N) is 2. The van der Waals surface area contributed by atoms with Crippen molar-refractivity contribution < 1.29 is 14.4 Å². The summed E-state index contributed by atoms with van der Waals surface area (Å²) in [6.07, 6.45) is 4.75. The van der Waals surface area contributed by atoms with E-state index in [4.69, 9.17) is 0 Å². The van der Waals surface area contributed by atoms with E-state index in [1.54, 1.807) is 0 Å². The Hall–Kier alpha value is -2.67. The van der Waals surface area contributed by atoms with Crippen molar-refractivity contribution in [2.24, 2.45) is 11.8 Å². The third-order valence-electron chi connectivity index (χ3n) is 7.43. The van der Waals surface area contributed by atoms with E-state index in [9.17, 15) is 14.4 Å². The lowest BCUT2D eigenvalue weighted by Crippen LogP contribution is -2.48. The summed E-state index contributed by atoms with van der Waals surface area (Å²) in [4.78, 5) is 44.6. The highest BCUT2D eigenvalue weighted by Crippen LogP contribution is 2.38. The maximum absolute atomic E-state index is 13.6. The van der Waals surface area contributed by atoms with E-state index in [0.29, 0.717) is 43.9 Å². The van der Waals surface area contributed by atoms with Crippen molar-refractivity contribution >= 4 is 29.1 Å². The molecule has 0 unspecified atom stereocenters. The molecule has 1 aromatic carbocycles. The first-order valence-electron chi connectivity index (χ1n) is 12.1. The number of hydrogen-bond donors (Lipinski definition) is 1. The van der Waals surface area contributed by atoms with Crippen LogP contribution in [0.2, 0.25) is 0 Å². The van der Waals surface area contributed by atoms with Crippen molar-refractivity contribution in [2.45, 2.75) is 51.1 Å². The van der Waals surface area contributed by atoms with Gasteiger partial charge in [0, 0.05) is 38.1 Å². The summed E-state index contributed by atoms with van der Waals surface area (Å²) in [6.45, 7) is 2.65. The van der Waals surface area contributed by atoms with E-state index in [-0.39, 0.29) is 35.6 Å². The van der Waals surface area contributed by atoms with Gasteiger partial charge in [0.1, 0.15) is 0 Å². The maximum atomic E-state index is 13.6. The number of amides is 3. The lowest BCUT2D eigenvalue weighted by Gasteiger charge is -2.33. The molecule has 0 bridgehead atoms. The van der Waals surface area contributed by atoms with Gasteiger partial charge in [-0.15, -0.1) is 11.3 Å². The van der Waals surface area contributed by atoms with Gasteiger partial charge >= 0.3 is 0 Å². The predicted molar refractivity (Wildman–Crippen MR) is 128 cm³/mol. The lowest BCUT2D eigenvalue weighted by molar-refractivity contribution is -0.136. The molecule has 174 valence electrons. The molecule has 2 fully saturated rings. The zero-order valence-electron chi connectivity index (χ0n) is 18.9. The van der Waals surface area contributed by atoms with Crippen molar-refractivity contribution in [2.75, 3.05) is 19.6 Å². The number of carbonyl (C=O) groups is 3. The molecule has 3 atom stereocenters. The lowest BCUT2D eigenvalue weighted by atomic mass is 9.97. The Kier molecular flexibility index (Phi) is 6.49. The minimum atomic E-state index is -0.335. The number of hydrogen-bond acceptors (Lipinski definition) is 4. The van der Waals surface area contributed by atoms with Crippen LogP contribution in [0.25, 0.3) is 0 Å². The van der Waals surface area contributed by atoms with Gasteiger partial charge in [0.05, 0.1) is 10.8 Å². The van der Waals surface area contributed by atoms with E-state index in [1.807, 2.05) is 39.4 Å². The molecule has 2 aliphatic heterocycles. The molecule has 3 aliphatic rings. The van der Waals surface area contributed by atoms with Crippen LogP contribution in [0.4, 0.5) is 0 Å². The Morgan fingerprint density at radius 1 is 0.970 bits per heavy atom. The summed E-state index contributed by atoms with van der Waals surface area (Å²) in [5, 5.41) is 4.98. The number of fused-ring (bicyclic) bond motifs is 2. The highest BCUT2D eigenvalue weighted by atomic mass is 32.1. The fourth-order valence-electron chi connectivity index (χ4n) is 5.67. The largest absolute Gasteiger partial charge is 0.356 e. The van der Waals surface area contributed by atoms with E-state index in [1.165, 1.54) is 22.5 Å². The number of thiophene rings is 1. The van der Waals surface area contributed by atoms with Crippen LogP contribution in [-0.4, -0.2) is 53.2 Å². The average molecular weight is 466 g/mol. The van der Waals surface area contributed by atoms with Crippen LogP contribution < -0.4 is 5.32 Å². The zero-order valence-corrected chi connectivity index (χ0v) is 19.7. The Labute approximate surface area is 199 Å². The summed E-state index contributed by atoms with van der Waals surface area (Å²) in [6, 6.07) is 11.8. The number of benzene rings is 1. The fraction of sp³-hybridized carbons (Fsp3) is 0.500. The standard InChI is InChI=1S/C26H31N3O3S/c30-24-21-15-20(25(31)28-13-10-18-7-2-3-8-19(18)17-28)16-22(21)29(12-5-1-4-11-27-24)26(32)23-9-6-14-33-23/h2-3,6-9,14,20-22H,1,4-5,10-13,15-17H2,(H,27,30)/t20-,21-,22+/m0/s1. The summed E-state index contributed by atoms with van der Waals surface area (Å²) in [7, 11) is 0. The summed E-state index contributed by atoms with van der Waals surface area (Å²) in [5.74, 6) is -0.449. The van der Waals surface area contributed by atoms with E-state index >= 15 is 0 Å². The van der Waals surface area contributed by atoms with Crippen molar-refractivity contribution in [1.29, 1.82) is 0 Å². The molecule has 0 spiro atoms. The van der Waals surface area contributed by atoms with Gasteiger partial charge in [0.15, 0.2) is 0 Å². The molecular weight excluding hydrogens is 434 g/mol. The van der Waals surface area contributed by atoms with E-state index in [2.05, 4.69) is 17.4 Å². The highest BCUT2D eigenvalue weighted by Gasteiger charge is 2.47. The van der Waals surface area contributed by atoms with Gasteiger partial charge in [-0.05, 0) is 61.1 Å². The predicted octanol–water partition coefficient (Wildman–Crippen LogP) is 3.47. The van der Waals surface area contributed by atoms with Gasteiger partial charge < -0.3 is 15.1 Å². The molecule has 3 heterocycles. The van der Waals surface area contributed by atoms with Crippen molar-refractivity contribution in [3.05, 3.63) is 57.8 Å². The molecule has 0 radical (unpaired) electrons. The third kappa shape index (κ3) is 4.56. The third-order valence-corrected chi connectivity index (χ3v) is 8.28. The first kappa shape index (κ1) is 22.1. The monoisotopic (exact) mass is 465 g/mol. The second-order valence-corrected chi connectivity index (χ2v) is 10.4. The van der Waals surface area contributed by atoms with Gasteiger partial charge in [0.2, 0.25) is 11.8 Å². The Balaban J connectivity index is 1.37. The molecule has 1 saturated carbocycles. The first-order valence-corrected chi connectivity index (χ1v) is 13.0. The van der Waals surface area contributed by atoms with Gasteiger partial charge in [-0.25, -0.2) is 0 Å². The van der Waals surface area contributed by atoms with Crippen LogP contribution in [0, 0.1) is 11.8 Å². The summed E-state index contributed by atoms with van der Waals surface area (Å²) < 4.78 is 0. The van der Waals surface area contributed by atoms with Crippen LogP contribution in [0.15, 0.2) is 41.8 Å². The molecule has 1 N–H and O–H groups in total. The number of rotatable bonds is 2. The van der Waals surface area contributed by atoms with Crippen molar-refractivity contribution in [1.82, 2.24) is 15.1 Å². The molecular formula is C26H31N3O3S. The topological polar surface area (TPSA) is 69.7 Å². The molecule has 7 heteroatoms. The minimum Gasteiger partial charge on any atom is -0.356 e. The molecule has 33 heavy (non-hydrogen) atoms. The van der Waals surface area contributed by atoms with Gasteiger partial charge in [-0.2, -0.15) is 0 Å². The quantitative estimate of drug-likeness (QED) is 0.738.